The van der Waals surface area contributed by atoms with E-state index in [9.17, 15) is 4.79 Å². The number of allylic oxidation sites excluding steroid dienone is 1. The average Bonchev–Trinajstić information content (AvgIpc) is 2.00. The van der Waals surface area contributed by atoms with Gasteiger partial charge in [-0.05, 0) is 19.4 Å². The summed E-state index contributed by atoms with van der Waals surface area (Å²) < 4.78 is 0. The van der Waals surface area contributed by atoms with Gasteiger partial charge in [0, 0.05) is 0 Å². The standard InChI is InChI=1S/C7H12O5/c1-3(2)4(8)5(9)6(10)7(11)12/h5-6,8-10H,1-2H3,(H,11,12)/t5-,6+/m1/s1. The molecule has 70 valence electrons. The monoisotopic (exact) mass is 176 g/mol. The van der Waals surface area contributed by atoms with E-state index in [0.717, 1.165) is 0 Å². The van der Waals surface area contributed by atoms with Crippen LogP contribution in [0.25, 0.3) is 0 Å². The molecule has 0 saturated heterocycles. The topological polar surface area (TPSA) is 98.0 Å². The van der Waals surface area contributed by atoms with Crippen molar-refractivity contribution in [3.63, 3.8) is 0 Å². The van der Waals surface area contributed by atoms with Crippen molar-refractivity contribution in [2.24, 2.45) is 0 Å². The van der Waals surface area contributed by atoms with Gasteiger partial charge in [-0.1, -0.05) is 0 Å². The lowest BCUT2D eigenvalue weighted by Gasteiger charge is -2.14. The molecule has 0 amide bonds. The summed E-state index contributed by atoms with van der Waals surface area (Å²) in [6, 6.07) is 0. The Kier molecular flexibility index (Phi) is 3.72. The molecular weight excluding hydrogens is 164 g/mol. The van der Waals surface area contributed by atoms with Gasteiger partial charge < -0.3 is 20.4 Å². The molecule has 0 fully saturated rings. The van der Waals surface area contributed by atoms with Crippen molar-refractivity contribution in [1.82, 2.24) is 0 Å². The molecule has 0 spiro atoms. The first kappa shape index (κ1) is 10.9. The lowest BCUT2D eigenvalue weighted by atomic mass is 10.1. The molecule has 2 atom stereocenters. The van der Waals surface area contributed by atoms with E-state index in [1.165, 1.54) is 13.8 Å². The van der Waals surface area contributed by atoms with Gasteiger partial charge in [-0.25, -0.2) is 4.79 Å². The summed E-state index contributed by atoms with van der Waals surface area (Å²) in [7, 11) is 0. The number of carboxylic acid groups (broad SMARTS) is 1. The summed E-state index contributed by atoms with van der Waals surface area (Å²) in [5, 5.41) is 35.0. The van der Waals surface area contributed by atoms with E-state index in [1.807, 2.05) is 0 Å². The van der Waals surface area contributed by atoms with Gasteiger partial charge in [-0.2, -0.15) is 0 Å². The average molecular weight is 176 g/mol. The van der Waals surface area contributed by atoms with Crippen molar-refractivity contribution in [2.75, 3.05) is 0 Å². The Labute approximate surface area is 69.6 Å². The maximum atomic E-state index is 10.1. The molecule has 0 aliphatic rings. The van der Waals surface area contributed by atoms with Crippen LogP contribution in [-0.4, -0.2) is 38.6 Å². The van der Waals surface area contributed by atoms with Crippen molar-refractivity contribution in [3.8, 4) is 0 Å². The highest BCUT2D eigenvalue weighted by atomic mass is 16.4. The first-order valence-corrected chi connectivity index (χ1v) is 3.33. The molecule has 5 nitrogen and oxygen atoms in total. The highest BCUT2D eigenvalue weighted by molar-refractivity contribution is 5.73. The van der Waals surface area contributed by atoms with Crippen molar-refractivity contribution >= 4 is 5.97 Å². The minimum absolute atomic E-state index is 0.364. The van der Waals surface area contributed by atoms with Crippen molar-refractivity contribution in [1.29, 1.82) is 0 Å². The highest BCUT2D eigenvalue weighted by Gasteiger charge is 2.27. The fraction of sp³-hybridized carbons (Fsp3) is 0.571. The van der Waals surface area contributed by atoms with Crippen LogP contribution in [0.2, 0.25) is 0 Å². The fourth-order valence-corrected chi connectivity index (χ4v) is 0.580. The van der Waals surface area contributed by atoms with Gasteiger partial charge in [0.1, 0.15) is 11.9 Å². The van der Waals surface area contributed by atoms with Gasteiger partial charge >= 0.3 is 5.97 Å². The number of hydrogen-bond acceptors (Lipinski definition) is 4. The summed E-state index contributed by atoms with van der Waals surface area (Å²) in [6.45, 7) is 2.99. The Morgan fingerprint density at radius 2 is 1.50 bits per heavy atom. The molecule has 0 aliphatic heterocycles. The van der Waals surface area contributed by atoms with Gasteiger partial charge in [0.25, 0.3) is 0 Å². The summed E-state index contributed by atoms with van der Waals surface area (Å²) in [6.07, 6.45) is -3.74. The second-order valence-electron chi connectivity index (χ2n) is 2.61. The summed E-state index contributed by atoms with van der Waals surface area (Å²) >= 11 is 0. The van der Waals surface area contributed by atoms with Gasteiger partial charge in [-0.3, -0.25) is 0 Å². The lowest BCUT2D eigenvalue weighted by Crippen LogP contribution is -2.35. The van der Waals surface area contributed by atoms with E-state index in [-0.39, 0.29) is 0 Å². The van der Waals surface area contributed by atoms with E-state index in [1.54, 1.807) is 0 Å². The van der Waals surface area contributed by atoms with Gasteiger partial charge in [-0.15, -0.1) is 0 Å². The van der Waals surface area contributed by atoms with Crippen LogP contribution in [0.1, 0.15) is 13.8 Å². The number of carboxylic acids is 1. The second-order valence-corrected chi connectivity index (χ2v) is 2.61. The van der Waals surface area contributed by atoms with E-state index >= 15 is 0 Å². The smallest absolute Gasteiger partial charge is 0.335 e. The number of aliphatic hydroxyl groups is 3. The zero-order chi connectivity index (χ0) is 9.89. The van der Waals surface area contributed by atoms with Crippen molar-refractivity contribution < 1.29 is 25.2 Å². The molecule has 0 bridgehead atoms. The highest BCUT2D eigenvalue weighted by Crippen LogP contribution is 2.08. The molecule has 0 aromatic carbocycles. The predicted octanol–water partition coefficient (Wildman–Crippen LogP) is -0.355. The van der Waals surface area contributed by atoms with Crippen molar-refractivity contribution in [2.45, 2.75) is 26.1 Å². The van der Waals surface area contributed by atoms with E-state index in [2.05, 4.69) is 0 Å². The quantitative estimate of drug-likeness (QED) is 0.440. The zero-order valence-corrected chi connectivity index (χ0v) is 6.85. The largest absolute Gasteiger partial charge is 0.510 e. The predicted molar refractivity (Wildman–Crippen MR) is 40.7 cm³/mol. The molecule has 0 heterocycles. The van der Waals surface area contributed by atoms with Crippen LogP contribution >= 0.6 is 0 Å². The number of hydrogen-bond donors (Lipinski definition) is 4. The molecule has 5 heteroatoms. The number of rotatable bonds is 3. The third kappa shape index (κ3) is 2.52. The molecule has 0 saturated carbocycles. The Bertz CT molecular complexity index is 204. The normalized spacial score (nSPS) is 15.0. The van der Waals surface area contributed by atoms with E-state index in [4.69, 9.17) is 20.4 Å². The summed E-state index contributed by atoms with van der Waals surface area (Å²) in [5.41, 5.74) is 0.364. The van der Waals surface area contributed by atoms with E-state index < -0.39 is 23.9 Å². The molecule has 0 aromatic rings. The van der Waals surface area contributed by atoms with E-state index in [0.29, 0.717) is 5.57 Å². The fourth-order valence-electron chi connectivity index (χ4n) is 0.580. The molecular formula is C7H12O5. The maximum Gasteiger partial charge on any atom is 0.335 e. The molecule has 0 aliphatic carbocycles. The molecule has 4 N–H and O–H groups in total. The van der Waals surface area contributed by atoms with Crippen LogP contribution in [0.15, 0.2) is 11.3 Å². The Morgan fingerprint density at radius 1 is 1.08 bits per heavy atom. The summed E-state index contributed by atoms with van der Waals surface area (Å²) in [4.78, 5) is 10.1. The lowest BCUT2D eigenvalue weighted by molar-refractivity contribution is -0.152. The number of carbonyl (C=O) groups is 1. The number of aliphatic carboxylic acids is 1. The van der Waals surface area contributed by atoms with Crippen LogP contribution in [0.3, 0.4) is 0 Å². The first-order valence-electron chi connectivity index (χ1n) is 3.33. The summed E-state index contributed by atoms with van der Waals surface area (Å²) in [5.74, 6) is -2.08. The third-order valence-corrected chi connectivity index (χ3v) is 1.34. The van der Waals surface area contributed by atoms with Gasteiger partial charge in [0.15, 0.2) is 6.10 Å². The Hall–Kier alpha value is -1.07. The molecule has 0 rings (SSSR count). The van der Waals surface area contributed by atoms with Crippen LogP contribution in [0.4, 0.5) is 0 Å². The first-order chi connectivity index (χ1) is 5.37. The molecule has 0 unspecified atom stereocenters. The van der Waals surface area contributed by atoms with Crippen LogP contribution < -0.4 is 0 Å². The Morgan fingerprint density at radius 3 is 1.75 bits per heavy atom. The SMILES string of the molecule is CC(C)=C(O)[C@@H](O)[C@H](O)C(=O)O. The zero-order valence-electron chi connectivity index (χ0n) is 6.85. The number of aliphatic hydroxyl groups excluding tert-OH is 3. The third-order valence-electron chi connectivity index (χ3n) is 1.34. The Balaban J connectivity index is 4.50. The van der Waals surface area contributed by atoms with Gasteiger partial charge in [0.2, 0.25) is 0 Å². The second kappa shape index (κ2) is 4.08. The molecule has 0 radical (unpaired) electrons. The van der Waals surface area contributed by atoms with Crippen molar-refractivity contribution in [3.05, 3.63) is 11.3 Å². The van der Waals surface area contributed by atoms with Gasteiger partial charge in [0.05, 0.1) is 0 Å². The maximum absolute atomic E-state index is 10.1. The molecule has 0 aromatic heterocycles. The van der Waals surface area contributed by atoms with Crippen LogP contribution in [0, 0.1) is 0 Å². The minimum atomic E-state index is -1.99. The minimum Gasteiger partial charge on any atom is -0.510 e. The molecule has 12 heavy (non-hydrogen) atoms. The van der Waals surface area contributed by atoms with Crippen LogP contribution in [-0.2, 0) is 4.79 Å². The van der Waals surface area contributed by atoms with Crippen LogP contribution in [0.5, 0.6) is 0 Å².